The van der Waals surface area contributed by atoms with Gasteiger partial charge in [0.1, 0.15) is 11.5 Å². The number of methoxy groups -OCH3 is 2. The smallest absolute Gasteiger partial charge is 0.123 e. The van der Waals surface area contributed by atoms with Gasteiger partial charge in [-0.3, -0.25) is 4.68 Å². The molecule has 0 bridgehead atoms. The Morgan fingerprint density at radius 2 is 2.00 bits per heavy atom. The van der Waals surface area contributed by atoms with Gasteiger partial charge in [-0.2, -0.15) is 5.10 Å². The van der Waals surface area contributed by atoms with Crippen LogP contribution in [-0.4, -0.2) is 24.0 Å². The van der Waals surface area contributed by atoms with Gasteiger partial charge in [0.05, 0.1) is 19.9 Å². The van der Waals surface area contributed by atoms with Gasteiger partial charge in [-0.25, -0.2) is 0 Å². The first-order chi connectivity index (χ1) is 10.1. The summed E-state index contributed by atoms with van der Waals surface area (Å²) in [7, 11) is 3.30. The third-order valence-corrected chi connectivity index (χ3v) is 3.55. The molecular weight excluding hydrogens is 266 g/mol. The number of rotatable bonds is 6. The Bertz CT molecular complexity index is 608. The zero-order valence-electron chi connectivity index (χ0n) is 13.1. The van der Waals surface area contributed by atoms with Gasteiger partial charge in [-0.15, -0.1) is 0 Å². The fourth-order valence-electron chi connectivity index (χ4n) is 2.50. The van der Waals surface area contributed by atoms with Crippen molar-refractivity contribution in [2.24, 2.45) is 5.73 Å². The highest BCUT2D eigenvalue weighted by molar-refractivity contribution is 5.42. The lowest BCUT2D eigenvalue weighted by Gasteiger charge is -2.17. The highest BCUT2D eigenvalue weighted by Gasteiger charge is 2.16. The number of nitrogens with two attached hydrogens (primary N) is 1. The van der Waals surface area contributed by atoms with E-state index in [1.54, 1.807) is 14.2 Å². The second-order valence-corrected chi connectivity index (χ2v) is 5.01. The van der Waals surface area contributed by atoms with Crippen molar-refractivity contribution < 1.29 is 9.47 Å². The van der Waals surface area contributed by atoms with Gasteiger partial charge < -0.3 is 15.2 Å². The topological polar surface area (TPSA) is 62.3 Å². The summed E-state index contributed by atoms with van der Waals surface area (Å²) in [5.41, 5.74) is 9.47. The maximum atomic E-state index is 6.38. The first-order valence-corrected chi connectivity index (χ1v) is 7.09. The number of ether oxygens (including phenoxy) is 2. The van der Waals surface area contributed by atoms with Crippen LogP contribution in [-0.2, 0) is 13.0 Å². The lowest BCUT2D eigenvalue weighted by Crippen LogP contribution is -2.17. The molecule has 5 heteroatoms. The molecule has 114 valence electrons. The quantitative estimate of drug-likeness (QED) is 0.887. The largest absolute Gasteiger partial charge is 0.497 e. The van der Waals surface area contributed by atoms with Crippen molar-refractivity contribution in [1.82, 2.24) is 9.78 Å². The highest BCUT2D eigenvalue weighted by Crippen LogP contribution is 2.30. The van der Waals surface area contributed by atoms with E-state index < -0.39 is 0 Å². The molecule has 1 heterocycles. The third-order valence-electron chi connectivity index (χ3n) is 3.55. The number of nitrogens with zero attached hydrogens (tertiary/aromatic N) is 2. The number of aryl methyl sites for hydroxylation is 2. The van der Waals surface area contributed by atoms with Crippen molar-refractivity contribution in [2.45, 2.75) is 32.9 Å². The molecule has 2 N–H and O–H groups in total. The SMILES string of the molecule is CCn1nc(C)cc1CC(N)c1cc(OC)ccc1OC. The normalized spacial score (nSPS) is 12.2. The maximum absolute atomic E-state index is 6.38. The minimum absolute atomic E-state index is 0.170. The summed E-state index contributed by atoms with van der Waals surface area (Å²) in [5.74, 6) is 1.56. The Hall–Kier alpha value is -2.01. The molecular formula is C16H23N3O2. The molecule has 1 atom stereocenters. The van der Waals surface area contributed by atoms with Crippen LogP contribution in [0.15, 0.2) is 24.3 Å². The van der Waals surface area contributed by atoms with Crippen molar-refractivity contribution in [3.63, 3.8) is 0 Å². The van der Waals surface area contributed by atoms with E-state index in [2.05, 4.69) is 18.1 Å². The van der Waals surface area contributed by atoms with Gasteiger partial charge >= 0.3 is 0 Å². The third kappa shape index (κ3) is 3.36. The van der Waals surface area contributed by atoms with Gasteiger partial charge in [-0.1, -0.05) is 0 Å². The van der Waals surface area contributed by atoms with Crippen LogP contribution in [0, 0.1) is 6.92 Å². The van der Waals surface area contributed by atoms with E-state index in [0.717, 1.165) is 35.0 Å². The molecule has 21 heavy (non-hydrogen) atoms. The van der Waals surface area contributed by atoms with Crippen LogP contribution in [0.1, 0.15) is 29.9 Å². The van der Waals surface area contributed by atoms with Gasteiger partial charge in [-0.05, 0) is 38.1 Å². The molecule has 2 aromatic rings. The zero-order valence-corrected chi connectivity index (χ0v) is 13.1. The molecule has 1 unspecified atom stereocenters. The fraction of sp³-hybridized carbons (Fsp3) is 0.438. The Kier molecular flexibility index (Phi) is 4.85. The first-order valence-electron chi connectivity index (χ1n) is 7.09. The van der Waals surface area contributed by atoms with Crippen LogP contribution in [0.5, 0.6) is 11.5 Å². The van der Waals surface area contributed by atoms with Gasteiger partial charge in [0, 0.05) is 30.3 Å². The molecule has 0 aliphatic carbocycles. The predicted octanol–water partition coefficient (Wildman–Crippen LogP) is 2.47. The Labute approximate surface area is 125 Å². The summed E-state index contributed by atoms with van der Waals surface area (Å²) >= 11 is 0. The molecule has 0 aliphatic heterocycles. The minimum atomic E-state index is -0.170. The van der Waals surface area contributed by atoms with Crippen LogP contribution in [0.4, 0.5) is 0 Å². The fourth-order valence-corrected chi connectivity index (χ4v) is 2.50. The first kappa shape index (κ1) is 15.4. The van der Waals surface area contributed by atoms with E-state index >= 15 is 0 Å². The monoisotopic (exact) mass is 289 g/mol. The second kappa shape index (κ2) is 6.63. The zero-order chi connectivity index (χ0) is 15.4. The van der Waals surface area contributed by atoms with E-state index in [1.807, 2.05) is 29.8 Å². The van der Waals surface area contributed by atoms with Crippen LogP contribution in [0.25, 0.3) is 0 Å². The van der Waals surface area contributed by atoms with Crippen LogP contribution >= 0.6 is 0 Å². The summed E-state index contributed by atoms with van der Waals surface area (Å²) < 4.78 is 12.7. The number of hydrogen-bond donors (Lipinski definition) is 1. The van der Waals surface area contributed by atoms with E-state index in [0.29, 0.717) is 6.42 Å². The van der Waals surface area contributed by atoms with Crippen molar-refractivity contribution in [3.8, 4) is 11.5 Å². The van der Waals surface area contributed by atoms with Gasteiger partial charge in [0.15, 0.2) is 0 Å². The van der Waals surface area contributed by atoms with Crippen LogP contribution in [0.3, 0.4) is 0 Å². The summed E-state index contributed by atoms with van der Waals surface area (Å²) in [6, 6.07) is 7.60. The Morgan fingerprint density at radius 3 is 2.62 bits per heavy atom. The van der Waals surface area contributed by atoms with Crippen molar-refractivity contribution in [2.75, 3.05) is 14.2 Å². The summed E-state index contributed by atoms with van der Waals surface area (Å²) in [6.45, 7) is 4.91. The molecule has 0 saturated heterocycles. The molecule has 0 saturated carbocycles. The molecule has 1 aromatic carbocycles. The van der Waals surface area contributed by atoms with Crippen LogP contribution in [0.2, 0.25) is 0 Å². The van der Waals surface area contributed by atoms with E-state index in [9.17, 15) is 0 Å². The molecule has 0 amide bonds. The number of benzene rings is 1. The minimum Gasteiger partial charge on any atom is -0.497 e. The average molecular weight is 289 g/mol. The van der Waals surface area contributed by atoms with Crippen molar-refractivity contribution in [3.05, 3.63) is 41.2 Å². The molecule has 1 aromatic heterocycles. The van der Waals surface area contributed by atoms with Crippen molar-refractivity contribution in [1.29, 1.82) is 0 Å². The highest BCUT2D eigenvalue weighted by atomic mass is 16.5. The molecule has 2 rings (SSSR count). The van der Waals surface area contributed by atoms with Crippen molar-refractivity contribution >= 4 is 0 Å². The Balaban J connectivity index is 2.28. The second-order valence-electron chi connectivity index (χ2n) is 5.01. The number of aromatic nitrogens is 2. The standard InChI is InChI=1S/C16H23N3O2/c1-5-19-12(8-11(2)18-19)9-15(17)14-10-13(20-3)6-7-16(14)21-4/h6-8,10,15H,5,9,17H2,1-4H3. The van der Waals surface area contributed by atoms with E-state index in [1.165, 1.54) is 0 Å². The lowest BCUT2D eigenvalue weighted by molar-refractivity contribution is 0.394. The summed E-state index contributed by atoms with van der Waals surface area (Å²) in [6.07, 6.45) is 0.707. The predicted molar refractivity (Wildman–Crippen MR) is 82.8 cm³/mol. The Morgan fingerprint density at radius 1 is 1.24 bits per heavy atom. The summed E-state index contributed by atoms with van der Waals surface area (Å²) in [5, 5.41) is 4.46. The van der Waals surface area contributed by atoms with E-state index in [-0.39, 0.29) is 6.04 Å². The van der Waals surface area contributed by atoms with Gasteiger partial charge in [0.25, 0.3) is 0 Å². The summed E-state index contributed by atoms with van der Waals surface area (Å²) in [4.78, 5) is 0. The molecule has 0 radical (unpaired) electrons. The van der Waals surface area contributed by atoms with E-state index in [4.69, 9.17) is 15.2 Å². The lowest BCUT2D eigenvalue weighted by atomic mass is 10.0. The molecule has 5 nitrogen and oxygen atoms in total. The number of hydrogen-bond acceptors (Lipinski definition) is 4. The molecule has 0 spiro atoms. The average Bonchev–Trinajstić information content (AvgIpc) is 2.86. The molecule has 0 aliphatic rings. The molecule has 0 fully saturated rings. The maximum Gasteiger partial charge on any atom is 0.123 e. The van der Waals surface area contributed by atoms with Crippen LogP contribution < -0.4 is 15.2 Å². The van der Waals surface area contributed by atoms with Gasteiger partial charge in [0.2, 0.25) is 0 Å².